The molecule has 1 aliphatic rings. The van der Waals surface area contributed by atoms with E-state index < -0.39 is 0 Å². The van der Waals surface area contributed by atoms with Crippen LogP contribution in [0.1, 0.15) is 24.1 Å². The van der Waals surface area contributed by atoms with Gasteiger partial charge in [0.15, 0.2) is 5.96 Å². The summed E-state index contributed by atoms with van der Waals surface area (Å²) in [6, 6.07) is 17.1. The number of hydrogen-bond acceptors (Lipinski definition) is 2. The fourth-order valence-corrected chi connectivity index (χ4v) is 3.63. The molecule has 4 nitrogen and oxygen atoms in total. The van der Waals surface area contributed by atoms with E-state index in [4.69, 9.17) is 0 Å². The lowest BCUT2D eigenvalue weighted by atomic mass is 10.1. The third-order valence-electron chi connectivity index (χ3n) is 4.53. The van der Waals surface area contributed by atoms with Crippen molar-refractivity contribution in [2.75, 3.05) is 25.0 Å². The Balaban J connectivity index is 0.00000261. The lowest BCUT2D eigenvalue weighted by Crippen LogP contribution is -2.38. The number of guanidine groups is 1. The summed E-state index contributed by atoms with van der Waals surface area (Å²) >= 11 is 3.61. The van der Waals surface area contributed by atoms with Crippen molar-refractivity contribution in [1.82, 2.24) is 10.6 Å². The zero-order valence-corrected chi connectivity index (χ0v) is 19.6. The summed E-state index contributed by atoms with van der Waals surface area (Å²) in [5, 5.41) is 6.84. The second-order valence-electron chi connectivity index (χ2n) is 6.36. The summed E-state index contributed by atoms with van der Waals surface area (Å²) < 4.78 is 1.10. The standard InChI is InChI=1S/C21H25BrN4.HI/c1-16(19-7-3-4-8-20(19)22)25-21(23-2)24-15-17-9-11-18(12-10-17)26-13-5-6-14-26;/h3-12,16H,13-15H2,1-2H3,(H2,23,24,25);1H. The average Bonchev–Trinajstić information content (AvgIpc) is 3.20. The predicted molar refractivity (Wildman–Crippen MR) is 129 cm³/mol. The molecule has 6 heteroatoms. The SMILES string of the molecule is CN=C(NCc1ccc(N2CC=CC2)cc1)NC(C)c1ccccc1Br.I. The molecule has 0 amide bonds. The van der Waals surface area contributed by atoms with Gasteiger partial charge in [0.1, 0.15) is 0 Å². The highest BCUT2D eigenvalue weighted by Gasteiger charge is 2.11. The van der Waals surface area contributed by atoms with Crippen LogP contribution in [0.25, 0.3) is 0 Å². The van der Waals surface area contributed by atoms with Crippen molar-refractivity contribution in [3.05, 3.63) is 76.3 Å². The highest BCUT2D eigenvalue weighted by atomic mass is 127. The average molecular weight is 541 g/mol. The highest BCUT2D eigenvalue weighted by molar-refractivity contribution is 14.0. The number of rotatable bonds is 5. The zero-order valence-electron chi connectivity index (χ0n) is 15.7. The molecule has 0 fully saturated rings. The lowest BCUT2D eigenvalue weighted by molar-refractivity contribution is 0.682. The van der Waals surface area contributed by atoms with Crippen molar-refractivity contribution in [2.45, 2.75) is 19.5 Å². The van der Waals surface area contributed by atoms with Crippen molar-refractivity contribution in [3.8, 4) is 0 Å². The summed E-state index contributed by atoms with van der Waals surface area (Å²) in [5.41, 5.74) is 3.71. The van der Waals surface area contributed by atoms with Gasteiger partial charge in [-0.3, -0.25) is 4.99 Å². The summed E-state index contributed by atoms with van der Waals surface area (Å²) in [7, 11) is 1.80. The Hall–Kier alpha value is -1.54. The van der Waals surface area contributed by atoms with Gasteiger partial charge in [0, 0.05) is 36.8 Å². The van der Waals surface area contributed by atoms with Crippen LogP contribution in [-0.2, 0) is 6.54 Å². The normalized spacial score (nSPS) is 14.6. The molecule has 0 radical (unpaired) electrons. The zero-order chi connectivity index (χ0) is 18.4. The summed E-state index contributed by atoms with van der Waals surface area (Å²) in [6.07, 6.45) is 4.41. The van der Waals surface area contributed by atoms with Crippen molar-refractivity contribution in [1.29, 1.82) is 0 Å². The molecule has 144 valence electrons. The Morgan fingerprint density at radius 2 is 1.78 bits per heavy atom. The van der Waals surface area contributed by atoms with E-state index in [0.717, 1.165) is 30.1 Å². The van der Waals surface area contributed by atoms with E-state index in [0.29, 0.717) is 0 Å². The van der Waals surface area contributed by atoms with Crippen LogP contribution >= 0.6 is 39.9 Å². The van der Waals surface area contributed by atoms with E-state index in [2.05, 4.69) is 91.9 Å². The minimum Gasteiger partial charge on any atom is -0.364 e. The number of aliphatic imine (C=N–C) groups is 1. The van der Waals surface area contributed by atoms with Crippen molar-refractivity contribution < 1.29 is 0 Å². The molecule has 1 heterocycles. The molecule has 0 aliphatic carbocycles. The largest absolute Gasteiger partial charge is 0.364 e. The van der Waals surface area contributed by atoms with E-state index in [-0.39, 0.29) is 30.0 Å². The van der Waals surface area contributed by atoms with E-state index in [1.54, 1.807) is 7.05 Å². The number of nitrogens with one attached hydrogen (secondary N) is 2. The second kappa shape index (κ2) is 10.7. The van der Waals surface area contributed by atoms with Crippen molar-refractivity contribution >= 4 is 51.6 Å². The Bertz CT molecular complexity index is 781. The van der Waals surface area contributed by atoms with Gasteiger partial charge in [-0.25, -0.2) is 0 Å². The topological polar surface area (TPSA) is 39.7 Å². The van der Waals surface area contributed by atoms with Gasteiger partial charge < -0.3 is 15.5 Å². The maximum atomic E-state index is 4.34. The summed E-state index contributed by atoms with van der Waals surface area (Å²) in [5.74, 6) is 0.793. The van der Waals surface area contributed by atoms with Crippen LogP contribution in [0.15, 0.2) is 70.1 Å². The first kappa shape index (κ1) is 21.8. The van der Waals surface area contributed by atoms with Gasteiger partial charge in [0.05, 0.1) is 6.04 Å². The molecule has 1 aliphatic heterocycles. The molecule has 2 N–H and O–H groups in total. The van der Waals surface area contributed by atoms with Crippen LogP contribution in [0.4, 0.5) is 5.69 Å². The summed E-state index contributed by atoms with van der Waals surface area (Å²) in [4.78, 5) is 6.69. The molecule has 3 rings (SSSR count). The van der Waals surface area contributed by atoms with Crippen LogP contribution in [0.3, 0.4) is 0 Å². The summed E-state index contributed by atoms with van der Waals surface area (Å²) in [6.45, 7) is 4.87. The van der Waals surface area contributed by atoms with Crippen LogP contribution < -0.4 is 15.5 Å². The van der Waals surface area contributed by atoms with Gasteiger partial charge in [0.25, 0.3) is 0 Å². The number of halogens is 2. The molecule has 0 aromatic heterocycles. The maximum absolute atomic E-state index is 4.34. The molecule has 1 atom stereocenters. The molecular formula is C21H26BrIN4. The fourth-order valence-electron chi connectivity index (χ4n) is 3.00. The second-order valence-corrected chi connectivity index (χ2v) is 7.21. The van der Waals surface area contributed by atoms with Gasteiger partial charge >= 0.3 is 0 Å². The van der Waals surface area contributed by atoms with E-state index in [9.17, 15) is 0 Å². The first-order valence-corrected chi connectivity index (χ1v) is 9.67. The molecule has 0 bridgehead atoms. The van der Waals surface area contributed by atoms with Gasteiger partial charge in [-0.1, -0.05) is 58.4 Å². The molecule has 0 saturated heterocycles. The van der Waals surface area contributed by atoms with Gasteiger partial charge in [0.2, 0.25) is 0 Å². The molecule has 27 heavy (non-hydrogen) atoms. The van der Waals surface area contributed by atoms with Gasteiger partial charge in [-0.2, -0.15) is 0 Å². The van der Waals surface area contributed by atoms with Crippen molar-refractivity contribution in [2.24, 2.45) is 4.99 Å². The fraction of sp³-hybridized carbons (Fsp3) is 0.286. The van der Waals surface area contributed by atoms with Crippen molar-refractivity contribution in [3.63, 3.8) is 0 Å². The molecule has 2 aromatic carbocycles. The van der Waals surface area contributed by atoms with Crippen LogP contribution in [0.2, 0.25) is 0 Å². The van der Waals surface area contributed by atoms with E-state index in [1.165, 1.54) is 16.8 Å². The first-order chi connectivity index (χ1) is 12.7. The smallest absolute Gasteiger partial charge is 0.191 e. The predicted octanol–water partition coefficient (Wildman–Crippen LogP) is 4.87. The van der Waals surface area contributed by atoms with Gasteiger partial charge in [-0.05, 0) is 36.2 Å². The number of benzene rings is 2. The Morgan fingerprint density at radius 3 is 2.41 bits per heavy atom. The minimum atomic E-state index is 0. The van der Waals surface area contributed by atoms with E-state index >= 15 is 0 Å². The quantitative estimate of drug-likeness (QED) is 0.246. The van der Waals surface area contributed by atoms with Gasteiger partial charge in [-0.15, -0.1) is 24.0 Å². The Labute approximate surface area is 187 Å². The number of hydrogen-bond donors (Lipinski definition) is 2. The van der Waals surface area contributed by atoms with Crippen LogP contribution in [0, 0.1) is 0 Å². The Kier molecular flexibility index (Phi) is 8.63. The first-order valence-electron chi connectivity index (χ1n) is 8.88. The molecule has 1 unspecified atom stereocenters. The molecule has 2 aromatic rings. The monoisotopic (exact) mass is 540 g/mol. The molecule has 0 saturated carbocycles. The third-order valence-corrected chi connectivity index (χ3v) is 5.25. The van der Waals surface area contributed by atoms with Crippen LogP contribution in [0.5, 0.6) is 0 Å². The number of anilines is 1. The third kappa shape index (κ3) is 5.97. The minimum absolute atomic E-state index is 0. The number of nitrogens with zero attached hydrogens (tertiary/aromatic N) is 2. The molecular weight excluding hydrogens is 515 g/mol. The highest BCUT2D eigenvalue weighted by Crippen LogP contribution is 2.22. The van der Waals surface area contributed by atoms with E-state index in [1.807, 2.05) is 12.1 Å². The van der Waals surface area contributed by atoms with Crippen LogP contribution in [-0.4, -0.2) is 26.1 Å². The lowest BCUT2D eigenvalue weighted by Gasteiger charge is -2.20. The molecule has 0 spiro atoms. The maximum Gasteiger partial charge on any atom is 0.191 e. The Morgan fingerprint density at radius 1 is 1.11 bits per heavy atom.